The van der Waals surface area contributed by atoms with Gasteiger partial charge in [0.05, 0.1) is 24.8 Å². The average Bonchev–Trinajstić information content (AvgIpc) is 1.66. The monoisotopic (exact) mass is 2030 g/mol. The number of thioether (sulfide) groups is 1. The van der Waals surface area contributed by atoms with E-state index in [1.54, 1.807) is 94.8 Å². The number of aromatic nitrogens is 3. The predicted octanol–water partition coefficient (Wildman–Crippen LogP) is 0.141. The van der Waals surface area contributed by atoms with Gasteiger partial charge in [-0.3, -0.25) is 91.3 Å². The summed E-state index contributed by atoms with van der Waals surface area (Å²) in [6, 6.07) is 5.13. The molecule has 3 saturated heterocycles. The van der Waals surface area contributed by atoms with Gasteiger partial charge in [-0.15, -0.1) is 11.8 Å². The molecule has 0 aliphatic carbocycles. The SMILES string of the molecule is CCCC[C@H]1C(=O)N(C)[C@@H](CCCC)C(=O)N[C@@H](CC(C)C)C(=O)N[C@H](C(=O)NCC(N)=O)CSCC(=O)N[C@@H](Cc2ccc(O)cc2)C(=O)N(C)[C@@H](C)C(=O)N[C@@H](CC(N)=O)C(=O)N2CCC[C@H]2C(=O)N[C@@H](CNCc2cncc3ccccc23)C(=O)N[C@@H](CC(C)C)C(=O)N2C[C@H](O)C[C@H]2C(=O)N[C@@H](Cc2c[nH]c3ccccc23)C(=O)N[C@@H](CCN)C(=O)N[C@@H](Cc2cn(CC(=O)O)c3ccccc23)C(=O)N1C. The number of hydrogen-bond donors (Lipinski definition) is 18. The number of para-hydroxylation sites is 2. The number of benzene rings is 4. The van der Waals surface area contributed by atoms with E-state index >= 15 is 47.9 Å². The number of aliphatic carboxylic acids is 1. The van der Waals surface area contributed by atoms with E-state index in [0.717, 1.165) is 42.1 Å². The number of amides is 17. The third-order valence-corrected chi connectivity index (χ3v) is 27.3. The van der Waals surface area contributed by atoms with E-state index in [2.05, 4.69) is 68.5 Å². The number of likely N-dealkylation sites (N-methyl/N-ethyl adjacent to an activating group) is 3. The Hall–Kier alpha value is -14.1. The molecule has 3 aliphatic heterocycles. The van der Waals surface area contributed by atoms with Crippen LogP contribution in [0.15, 0.2) is 122 Å². The van der Waals surface area contributed by atoms with Gasteiger partial charge in [0.25, 0.3) is 0 Å². The number of phenols is 1. The second kappa shape index (κ2) is 53.4. The van der Waals surface area contributed by atoms with Crippen molar-refractivity contribution in [3.05, 3.63) is 144 Å². The van der Waals surface area contributed by atoms with Crippen LogP contribution < -0.4 is 75.7 Å². The first-order chi connectivity index (χ1) is 69.1. The van der Waals surface area contributed by atoms with Gasteiger partial charge in [-0.1, -0.05) is 140 Å². The summed E-state index contributed by atoms with van der Waals surface area (Å²) in [5.74, 6) is -18.8. The zero-order chi connectivity index (χ0) is 106. The van der Waals surface area contributed by atoms with Gasteiger partial charge in [0.2, 0.25) is 100 Å². The van der Waals surface area contributed by atoms with Crippen LogP contribution in [0.5, 0.6) is 5.75 Å². The molecule has 4 aromatic carbocycles. The maximum atomic E-state index is 16.1. The molecule has 0 bridgehead atoms. The maximum Gasteiger partial charge on any atom is 0.323 e. The fourth-order valence-corrected chi connectivity index (χ4v) is 19.3. The molecule has 6 heterocycles. The standard InChI is InChI=1S/C101H138N22O21S/c1-11-13-27-80-94(137)111-71(38-56(3)4)91(134)117-78(89(132)108-50-85(104)127)54-145-55-86(128)109-74(40-59-31-33-64(124)34-32-59)97(140)118(8)58(7)88(131)113-76(44-84(103)126)99(142)122-37-21-30-81(122)95(138)116-77(49-106-47-63-46-105-45-60-22-15-16-23-66(60)63)93(136)114-73(39-57(5)6)100(143)123-52-65(125)43-83(123)96(139)112-72(41-61-48-107-69-26-19-17-24-67(61)69)92(135)110-70(35-36-102)90(133)115-75(98(141)120(10)82(28-14-12-2)101(144)119(80)9)42-62-51-121(53-87(129)130)79-29-20-18-25-68(62)79/h15-20,22-26,29,31-34,45-46,48,51,56-58,65,70-78,80-83,106-107,124-125H,11-14,21,27-28,30,35-44,47,49-50,52-55,102H2,1-10H3,(H2,103,126)(H2,104,127)(H,108,132)(H,109,128)(H,110,135)(H,111,137)(H,112,139)(H,113,131)(H,114,136)(H,115,133)(H,116,138)(H,117,134)(H,129,130)/t58-,65+,70-,71-,72-,73-,74-,75-,76-,77-,78-,80-,81-,82-,83-/m0/s1. The van der Waals surface area contributed by atoms with E-state index < -0.39 is 241 Å². The van der Waals surface area contributed by atoms with E-state index in [4.69, 9.17) is 17.2 Å². The number of pyridine rings is 1. The van der Waals surface area contributed by atoms with Gasteiger partial charge in [0.15, 0.2) is 0 Å². The maximum absolute atomic E-state index is 16.1. The van der Waals surface area contributed by atoms with Crippen molar-refractivity contribution in [1.29, 1.82) is 0 Å². The van der Waals surface area contributed by atoms with E-state index in [1.165, 1.54) is 68.0 Å². The first-order valence-corrected chi connectivity index (χ1v) is 50.3. The molecular formula is C101H138N22O21S. The molecule has 10 rings (SSSR count). The lowest BCUT2D eigenvalue weighted by molar-refractivity contribution is -0.149. The van der Waals surface area contributed by atoms with E-state index in [0.29, 0.717) is 69.7 Å². The summed E-state index contributed by atoms with van der Waals surface area (Å²) < 4.78 is 1.45. The van der Waals surface area contributed by atoms with Gasteiger partial charge in [-0.25, -0.2) is 0 Å². The molecule has 21 N–H and O–H groups in total. The van der Waals surface area contributed by atoms with Crippen LogP contribution >= 0.6 is 11.8 Å². The number of H-pyrrole nitrogens is 1. The molecule has 0 spiro atoms. The third kappa shape index (κ3) is 31.0. The van der Waals surface area contributed by atoms with Gasteiger partial charge in [-0.2, -0.15) is 0 Å². The lowest BCUT2D eigenvalue weighted by Gasteiger charge is -2.36. The number of aliphatic hydroxyl groups excluding tert-OH is 1. The van der Waals surface area contributed by atoms with Gasteiger partial charge in [0.1, 0.15) is 96.9 Å². The number of nitrogens with zero attached hydrogens (tertiary/aromatic N) is 7. The van der Waals surface area contributed by atoms with Crippen molar-refractivity contribution in [2.75, 3.05) is 65.4 Å². The summed E-state index contributed by atoms with van der Waals surface area (Å²) in [5, 5.41) is 65.2. The summed E-state index contributed by atoms with van der Waals surface area (Å²) in [5.41, 5.74) is 20.6. The van der Waals surface area contributed by atoms with Crippen molar-refractivity contribution in [2.24, 2.45) is 29.0 Å². The third-order valence-electron chi connectivity index (χ3n) is 26.3. The number of carbonyl (C=O) groups excluding carboxylic acids is 17. The average molecular weight is 2030 g/mol. The minimum absolute atomic E-state index is 0.000945. The van der Waals surface area contributed by atoms with Crippen molar-refractivity contribution in [3.8, 4) is 5.75 Å². The zero-order valence-electron chi connectivity index (χ0n) is 83.5. The number of fused-ring (bicyclic) bond motifs is 5. The van der Waals surface area contributed by atoms with Crippen LogP contribution in [0.2, 0.25) is 0 Å². The number of nitrogens with two attached hydrogens (primary N) is 3. The van der Waals surface area contributed by atoms with Crippen LogP contribution in [0.1, 0.15) is 154 Å². The number of carboxylic acids is 1. The van der Waals surface area contributed by atoms with Gasteiger partial charge in [0, 0.05) is 131 Å². The Bertz CT molecular complexity index is 5810. The van der Waals surface area contributed by atoms with Crippen LogP contribution in [-0.4, -0.2) is 317 Å². The molecule has 44 heteroatoms. The van der Waals surface area contributed by atoms with Crippen LogP contribution in [0, 0.1) is 11.8 Å². The highest BCUT2D eigenvalue weighted by Gasteiger charge is 2.47. The van der Waals surface area contributed by atoms with Crippen LogP contribution in [0.4, 0.5) is 0 Å². The second-order valence-corrected chi connectivity index (χ2v) is 39.3. The van der Waals surface area contributed by atoms with Gasteiger partial charge in [-0.05, 0) is 122 Å². The largest absolute Gasteiger partial charge is 0.508 e. The number of aromatic amines is 1. The van der Waals surface area contributed by atoms with E-state index in [-0.39, 0.29) is 108 Å². The van der Waals surface area contributed by atoms with Crippen LogP contribution in [0.3, 0.4) is 0 Å². The summed E-state index contributed by atoms with van der Waals surface area (Å²) in [6.07, 6.45) is 4.14. The van der Waals surface area contributed by atoms with E-state index in [9.17, 15) is 53.7 Å². The number of carbonyl (C=O) groups is 18. The molecule has 0 unspecified atom stereocenters. The number of phenolic OH excluding ortho intramolecular Hbond substituents is 1. The molecule has 43 nitrogen and oxygen atoms in total. The Kier molecular flexibility index (Phi) is 41.6. The number of hydrogen-bond acceptors (Lipinski definition) is 24. The Balaban J connectivity index is 1.05. The Labute approximate surface area is 844 Å². The smallest absolute Gasteiger partial charge is 0.323 e. The molecule has 17 amide bonds. The summed E-state index contributed by atoms with van der Waals surface area (Å²) in [6.45, 7) is 9.60. The summed E-state index contributed by atoms with van der Waals surface area (Å²) in [4.78, 5) is 279. The van der Waals surface area contributed by atoms with Crippen molar-refractivity contribution >= 4 is 151 Å². The number of carboxylic acid groups (broad SMARTS) is 1. The molecule has 3 aromatic heterocycles. The highest BCUT2D eigenvalue weighted by Crippen LogP contribution is 2.30. The molecular weight excluding hydrogens is 1890 g/mol. The van der Waals surface area contributed by atoms with Crippen molar-refractivity contribution in [1.82, 2.24) is 97.5 Å². The van der Waals surface area contributed by atoms with Gasteiger partial charge >= 0.3 is 5.97 Å². The molecule has 0 saturated carbocycles. The quantitative estimate of drug-likeness (QED) is 0.0296. The zero-order valence-corrected chi connectivity index (χ0v) is 84.3. The Morgan fingerprint density at radius 1 is 0.545 bits per heavy atom. The molecule has 15 atom stereocenters. The predicted molar refractivity (Wildman–Crippen MR) is 539 cm³/mol. The minimum Gasteiger partial charge on any atom is -0.508 e. The fourth-order valence-electron chi connectivity index (χ4n) is 18.5. The number of rotatable bonds is 29. The van der Waals surface area contributed by atoms with Crippen molar-refractivity contribution < 1.29 is 102 Å². The molecule has 0 radical (unpaired) electrons. The second-order valence-electron chi connectivity index (χ2n) is 38.2. The summed E-state index contributed by atoms with van der Waals surface area (Å²) in [7, 11) is 3.93. The van der Waals surface area contributed by atoms with Crippen molar-refractivity contribution in [3.63, 3.8) is 0 Å². The normalized spacial score (nSPS) is 24.0. The number of aliphatic hydroxyl groups is 1. The molecule has 7 aromatic rings. The van der Waals surface area contributed by atoms with E-state index in [1.807, 2.05) is 38.1 Å². The van der Waals surface area contributed by atoms with Crippen LogP contribution in [-0.2, 0) is 119 Å². The lowest BCUT2D eigenvalue weighted by Crippen LogP contribution is -2.62. The molecule has 784 valence electrons. The number of unbranched alkanes of at least 4 members (excludes halogenated alkanes) is 2. The number of aromatic hydroxyl groups is 1. The lowest BCUT2D eigenvalue weighted by atomic mass is 9.99. The minimum atomic E-state index is -1.79. The van der Waals surface area contributed by atoms with Crippen LogP contribution in [0.25, 0.3) is 32.6 Å². The first-order valence-electron chi connectivity index (χ1n) is 49.2. The fraction of sp³-hybridized carbons (Fsp3) is 0.515. The number of primary amides is 2. The highest BCUT2D eigenvalue weighted by atomic mass is 32.2. The summed E-state index contributed by atoms with van der Waals surface area (Å²) >= 11 is 0.787. The molecule has 3 fully saturated rings. The topological polar surface area (TPSA) is 628 Å². The molecule has 3 aliphatic rings. The Morgan fingerprint density at radius 2 is 1.11 bits per heavy atom. The molecule has 145 heavy (non-hydrogen) atoms. The highest BCUT2D eigenvalue weighted by molar-refractivity contribution is 8.00. The first kappa shape index (κ1) is 113. The Morgan fingerprint density at radius 3 is 1.79 bits per heavy atom. The number of nitrogens with one attached hydrogen (secondary N) is 12. The van der Waals surface area contributed by atoms with Crippen molar-refractivity contribution in [2.45, 2.75) is 255 Å². The van der Waals surface area contributed by atoms with Gasteiger partial charge < -0.3 is 125 Å².